The Bertz CT molecular complexity index is 1570. The van der Waals surface area contributed by atoms with E-state index in [2.05, 4.69) is 93.9 Å². The fourth-order valence-electron chi connectivity index (χ4n) is 5.24. The Labute approximate surface area is 188 Å². The van der Waals surface area contributed by atoms with E-state index in [9.17, 15) is 0 Å². The number of rotatable bonds is 1. The van der Waals surface area contributed by atoms with E-state index in [-0.39, 0.29) is 5.41 Å². The van der Waals surface area contributed by atoms with Gasteiger partial charge in [0.25, 0.3) is 6.33 Å². The predicted molar refractivity (Wildman–Crippen MR) is 131 cm³/mol. The number of ether oxygens (including phenoxy) is 1. The molecule has 0 saturated carbocycles. The third-order valence-corrected chi connectivity index (χ3v) is 6.56. The van der Waals surface area contributed by atoms with Crippen LogP contribution in [0.4, 0.5) is 0 Å². The van der Waals surface area contributed by atoms with Crippen molar-refractivity contribution in [2.75, 3.05) is 0 Å². The highest BCUT2D eigenvalue weighted by molar-refractivity contribution is 6.14. The molecule has 1 aliphatic rings. The molecule has 3 nitrogen and oxygen atoms in total. The molecule has 2 heterocycles. The lowest BCUT2D eigenvalue weighted by molar-refractivity contribution is -0.662. The largest absolute Gasteiger partial charge is 0.456 e. The third-order valence-electron chi connectivity index (χ3n) is 6.56. The third kappa shape index (κ3) is 2.81. The summed E-state index contributed by atoms with van der Waals surface area (Å²) in [4.78, 5) is 4.90. The van der Waals surface area contributed by atoms with Crippen LogP contribution in [-0.2, 0) is 13.5 Å². The van der Waals surface area contributed by atoms with Crippen molar-refractivity contribution in [2.45, 2.75) is 34.1 Å². The van der Waals surface area contributed by atoms with Gasteiger partial charge in [-0.2, -0.15) is 0 Å². The summed E-state index contributed by atoms with van der Waals surface area (Å²) < 4.78 is 8.70. The minimum absolute atomic E-state index is 0.236. The molecule has 4 aromatic carbocycles. The van der Waals surface area contributed by atoms with Crippen LogP contribution < -0.4 is 9.30 Å². The topological polar surface area (TPSA) is 26.0 Å². The normalized spacial score (nSPS) is 12.9. The Hall–Kier alpha value is -3.46. The van der Waals surface area contributed by atoms with E-state index in [1.807, 2.05) is 6.33 Å². The molecular weight excluding hydrogens is 392 g/mol. The molecule has 0 aliphatic carbocycles. The van der Waals surface area contributed by atoms with Gasteiger partial charge in [-0.05, 0) is 69.2 Å². The van der Waals surface area contributed by atoms with Gasteiger partial charge in [-0.15, -0.1) is 0 Å². The van der Waals surface area contributed by atoms with Crippen LogP contribution in [0.15, 0.2) is 60.9 Å². The lowest BCUT2D eigenvalue weighted by atomic mass is 9.87. The zero-order chi connectivity index (χ0) is 22.2. The highest BCUT2D eigenvalue weighted by atomic mass is 16.5. The zero-order valence-electron chi connectivity index (χ0n) is 19.3. The fourth-order valence-corrected chi connectivity index (χ4v) is 5.24. The van der Waals surface area contributed by atoms with E-state index in [4.69, 9.17) is 9.72 Å². The van der Waals surface area contributed by atoms with Crippen molar-refractivity contribution >= 4 is 32.4 Å². The second-order valence-corrected chi connectivity index (χ2v) is 10.3. The molecule has 0 fully saturated rings. The standard InChI is InChI=1S/C29H27N2O/c1-17-21-9-7-6-8-19(21)13-23-25(17)28-26-24(32-23)14-20-11-10-18(15-29(2,3)4)12-22(20)27(26)30-16-31(28)5/h6-14,16H,15H2,1-5H3/q+1. The van der Waals surface area contributed by atoms with Crippen LogP contribution >= 0.6 is 0 Å². The highest BCUT2D eigenvalue weighted by Gasteiger charge is 2.30. The molecular formula is C29H27N2O+. The van der Waals surface area contributed by atoms with E-state index >= 15 is 0 Å². The summed E-state index contributed by atoms with van der Waals surface area (Å²) in [5, 5.41) is 5.92. The average molecular weight is 420 g/mol. The molecule has 1 aliphatic heterocycles. The second kappa shape index (κ2) is 6.52. The smallest absolute Gasteiger partial charge is 0.287 e. The number of benzene rings is 4. The van der Waals surface area contributed by atoms with E-state index in [0.29, 0.717) is 0 Å². The summed E-state index contributed by atoms with van der Waals surface area (Å²) in [5.74, 6) is 1.80. The molecule has 0 bridgehead atoms. The molecule has 158 valence electrons. The van der Waals surface area contributed by atoms with E-state index < -0.39 is 0 Å². The number of fused-ring (bicyclic) bond motifs is 5. The van der Waals surface area contributed by atoms with Crippen molar-refractivity contribution in [3.8, 4) is 22.8 Å². The number of nitrogens with zero attached hydrogens (tertiary/aromatic N) is 2. The van der Waals surface area contributed by atoms with Gasteiger partial charge >= 0.3 is 0 Å². The summed E-state index contributed by atoms with van der Waals surface area (Å²) in [7, 11) is 2.08. The maximum absolute atomic E-state index is 6.56. The van der Waals surface area contributed by atoms with Gasteiger partial charge in [0.15, 0.2) is 11.2 Å². The van der Waals surface area contributed by atoms with E-state index in [1.54, 1.807) is 0 Å². The summed E-state index contributed by atoms with van der Waals surface area (Å²) in [6, 6.07) is 19.7. The Morgan fingerprint density at radius 1 is 0.906 bits per heavy atom. The fraction of sp³-hybridized carbons (Fsp3) is 0.241. The Morgan fingerprint density at radius 3 is 2.47 bits per heavy atom. The first kappa shape index (κ1) is 19.2. The van der Waals surface area contributed by atoms with Crippen molar-refractivity contribution in [1.29, 1.82) is 0 Å². The van der Waals surface area contributed by atoms with Gasteiger partial charge in [-0.25, -0.2) is 4.57 Å². The molecule has 6 rings (SSSR count). The molecule has 0 amide bonds. The molecule has 3 heteroatoms. The van der Waals surface area contributed by atoms with Crippen molar-refractivity contribution < 1.29 is 9.30 Å². The van der Waals surface area contributed by atoms with E-state index in [0.717, 1.165) is 34.4 Å². The van der Waals surface area contributed by atoms with Crippen LogP contribution in [0.5, 0.6) is 11.5 Å². The van der Waals surface area contributed by atoms with Crippen LogP contribution in [0, 0.1) is 12.3 Å². The molecule has 32 heavy (non-hydrogen) atoms. The van der Waals surface area contributed by atoms with Gasteiger partial charge in [-0.3, -0.25) is 0 Å². The molecule has 0 radical (unpaired) electrons. The maximum Gasteiger partial charge on any atom is 0.287 e. The Kier molecular flexibility index (Phi) is 3.92. The first-order valence-corrected chi connectivity index (χ1v) is 11.2. The lowest BCUT2D eigenvalue weighted by Crippen LogP contribution is -2.32. The molecule has 0 spiro atoms. The molecule has 0 atom stereocenters. The maximum atomic E-state index is 6.56. The van der Waals surface area contributed by atoms with Crippen molar-refractivity contribution in [1.82, 2.24) is 4.98 Å². The SMILES string of the molecule is Cc1c2c(cc3ccccc13)Oc1cc3ccc(CC(C)(C)C)cc3c3nc[n+](C)c-2c13. The number of aromatic nitrogens is 2. The van der Waals surface area contributed by atoms with Gasteiger partial charge in [0.1, 0.15) is 16.9 Å². The zero-order valence-corrected chi connectivity index (χ0v) is 19.3. The first-order chi connectivity index (χ1) is 15.3. The van der Waals surface area contributed by atoms with Gasteiger partial charge in [-0.1, -0.05) is 57.2 Å². The molecule has 5 aromatic rings. The molecule has 1 aromatic heterocycles. The Morgan fingerprint density at radius 2 is 1.66 bits per heavy atom. The molecule has 0 unspecified atom stereocenters. The van der Waals surface area contributed by atoms with Crippen molar-refractivity contribution in [2.24, 2.45) is 12.5 Å². The predicted octanol–water partition coefficient (Wildman–Crippen LogP) is 7.04. The summed E-state index contributed by atoms with van der Waals surface area (Å²) in [6.07, 6.45) is 2.98. The quantitative estimate of drug-likeness (QED) is 0.211. The lowest BCUT2D eigenvalue weighted by Gasteiger charge is -2.23. The second-order valence-electron chi connectivity index (χ2n) is 10.3. The van der Waals surface area contributed by atoms with Crippen LogP contribution in [0.2, 0.25) is 0 Å². The minimum atomic E-state index is 0.236. The Balaban J connectivity index is 1.71. The van der Waals surface area contributed by atoms with Gasteiger partial charge in [0.05, 0.1) is 12.6 Å². The van der Waals surface area contributed by atoms with Gasteiger partial charge in [0, 0.05) is 5.39 Å². The minimum Gasteiger partial charge on any atom is -0.456 e. The van der Waals surface area contributed by atoms with Crippen molar-refractivity contribution in [3.05, 3.63) is 72.1 Å². The number of aryl methyl sites for hydroxylation is 2. The van der Waals surface area contributed by atoms with Crippen molar-refractivity contribution in [3.63, 3.8) is 0 Å². The molecule has 0 saturated heterocycles. The monoisotopic (exact) mass is 419 g/mol. The van der Waals surface area contributed by atoms with Gasteiger partial charge in [0.2, 0.25) is 0 Å². The average Bonchev–Trinajstić information content (AvgIpc) is 2.74. The summed E-state index contributed by atoms with van der Waals surface area (Å²) >= 11 is 0. The van der Waals surface area contributed by atoms with Crippen LogP contribution in [0.25, 0.3) is 43.7 Å². The van der Waals surface area contributed by atoms with Crippen LogP contribution in [0.3, 0.4) is 0 Å². The number of hydrogen-bond donors (Lipinski definition) is 0. The van der Waals surface area contributed by atoms with E-state index in [1.165, 1.54) is 38.4 Å². The highest BCUT2D eigenvalue weighted by Crippen LogP contribution is 2.49. The first-order valence-electron chi connectivity index (χ1n) is 11.2. The summed E-state index contributed by atoms with van der Waals surface area (Å²) in [5.41, 5.74) is 6.18. The van der Waals surface area contributed by atoms with Crippen LogP contribution in [0.1, 0.15) is 31.9 Å². The molecule has 0 N–H and O–H groups in total. The summed E-state index contributed by atoms with van der Waals surface area (Å²) in [6.45, 7) is 9.05. The van der Waals surface area contributed by atoms with Gasteiger partial charge < -0.3 is 4.74 Å². The van der Waals surface area contributed by atoms with Crippen LogP contribution in [-0.4, -0.2) is 4.98 Å². The number of hydrogen-bond acceptors (Lipinski definition) is 2.